The summed E-state index contributed by atoms with van der Waals surface area (Å²) in [6.45, 7) is 18.4. The third-order valence-corrected chi connectivity index (χ3v) is 3.32. The van der Waals surface area contributed by atoms with Gasteiger partial charge in [-0.2, -0.15) is 0 Å². The maximum atomic E-state index is 5.71. The maximum absolute atomic E-state index is 5.71. The smallest absolute Gasteiger partial charge is 0.122 e. The summed E-state index contributed by atoms with van der Waals surface area (Å²) in [4.78, 5) is 2.48. The summed E-state index contributed by atoms with van der Waals surface area (Å²) in [5, 5.41) is 3.53. The van der Waals surface area contributed by atoms with Gasteiger partial charge >= 0.3 is 0 Å². The van der Waals surface area contributed by atoms with Crippen molar-refractivity contribution >= 4 is 0 Å². The standard InChI is InChI=1S/C17H32N2O/c1-13(2)11-19(14(3)4)12-16-15(8-9-20-16)10-18-17(5,6)7/h8-9,13-14,18H,10-12H2,1-7H3. The van der Waals surface area contributed by atoms with Gasteiger partial charge in [-0.25, -0.2) is 0 Å². The van der Waals surface area contributed by atoms with E-state index in [1.54, 1.807) is 0 Å². The Bertz CT molecular complexity index is 388. The molecule has 0 amide bonds. The summed E-state index contributed by atoms with van der Waals surface area (Å²) in [5.41, 5.74) is 1.40. The Hall–Kier alpha value is -0.800. The molecule has 3 nitrogen and oxygen atoms in total. The Balaban J connectivity index is 2.69. The monoisotopic (exact) mass is 280 g/mol. The first-order valence-electron chi connectivity index (χ1n) is 7.73. The van der Waals surface area contributed by atoms with Crippen molar-refractivity contribution in [3.63, 3.8) is 0 Å². The summed E-state index contributed by atoms with van der Waals surface area (Å²) < 4.78 is 5.71. The number of furan rings is 1. The van der Waals surface area contributed by atoms with E-state index in [2.05, 4.69) is 64.7 Å². The predicted octanol–water partition coefficient (Wildman–Crippen LogP) is 4.03. The summed E-state index contributed by atoms with van der Waals surface area (Å²) >= 11 is 0. The largest absolute Gasteiger partial charge is 0.468 e. The van der Waals surface area contributed by atoms with E-state index in [1.807, 2.05) is 6.26 Å². The highest BCUT2D eigenvalue weighted by Gasteiger charge is 2.17. The summed E-state index contributed by atoms with van der Waals surface area (Å²) in [7, 11) is 0. The van der Waals surface area contributed by atoms with Crippen LogP contribution >= 0.6 is 0 Å². The van der Waals surface area contributed by atoms with E-state index in [-0.39, 0.29) is 5.54 Å². The number of nitrogens with zero attached hydrogens (tertiary/aromatic N) is 1. The normalized spacial score (nSPS) is 12.9. The van der Waals surface area contributed by atoms with Gasteiger partial charge < -0.3 is 9.73 Å². The van der Waals surface area contributed by atoms with Crippen LogP contribution in [0.1, 0.15) is 59.8 Å². The second-order valence-corrected chi connectivity index (χ2v) is 7.39. The quantitative estimate of drug-likeness (QED) is 0.817. The van der Waals surface area contributed by atoms with Crippen LogP contribution < -0.4 is 5.32 Å². The van der Waals surface area contributed by atoms with Crippen molar-refractivity contribution in [2.24, 2.45) is 5.92 Å². The minimum Gasteiger partial charge on any atom is -0.468 e. The minimum absolute atomic E-state index is 0.129. The molecule has 0 spiro atoms. The van der Waals surface area contributed by atoms with Crippen molar-refractivity contribution < 1.29 is 4.42 Å². The molecule has 0 unspecified atom stereocenters. The highest BCUT2D eigenvalue weighted by Crippen LogP contribution is 2.17. The van der Waals surface area contributed by atoms with Gasteiger partial charge in [0.1, 0.15) is 5.76 Å². The SMILES string of the molecule is CC(C)CN(Cc1occc1CNC(C)(C)C)C(C)C. The van der Waals surface area contributed by atoms with Crippen LogP contribution in [0.25, 0.3) is 0 Å². The second-order valence-electron chi connectivity index (χ2n) is 7.39. The fourth-order valence-electron chi connectivity index (χ4n) is 2.14. The molecule has 20 heavy (non-hydrogen) atoms. The van der Waals surface area contributed by atoms with Crippen molar-refractivity contribution in [2.45, 2.75) is 73.1 Å². The molecule has 1 N–H and O–H groups in total. The average Bonchev–Trinajstić information content (AvgIpc) is 2.71. The van der Waals surface area contributed by atoms with E-state index in [9.17, 15) is 0 Å². The number of nitrogens with one attached hydrogen (secondary N) is 1. The molecule has 0 bridgehead atoms. The van der Waals surface area contributed by atoms with E-state index < -0.39 is 0 Å². The molecule has 0 aromatic carbocycles. The van der Waals surface area contributed by atoms with Gasteiger partial charge in [0.05, 0.1) is 12.8 Å². The van der Waals surface area contributed by atoms with Crippen LogP contribution in [0.5, 0.6) is 0 Å². The zero-order valence-electron chi connectivity index (χ0n) is 14.3. The molecule has 0 aliphatic carbocycles. The third-order valence-electron chi connectivity index (χ3n) is 3.32. The van der Waals surface area contributed by atoms with Gasteiger partial charge in [-0.05, 0) is 46.6 Å². The van der Waals surface area contributed by atoms with Crippen LogP contribution in [0.15, 0.2) is 16.7 Å². The number of hydrogen-bond acceptors (Lipinski definition) is 3. The lowest BCUT2D eigenvalue weighted by Crippen LogP contribution is -2.36. The molecule has 1 heterocycles. The Labute approximate surface area is 124 Å². The molecule has 0 saturated heterocycles. The molecule has 1 aromatic rings. The fraction of sp³-hybridized carbons (Fsp3) is 0.765. The first-order chi connectivity index (χ1) is 9.19. The molecule has 1 aromatic heterocycles. The molecule has 116 valence electrons. The number of hydrogen-bond donors (Lipinski definition) is 1. The van der Waals surface area contributed by atoms with Crippen LogP contribution in [0.4, 0.5) is 0 Å². The van der Waals surface area contributed by atoms with Crippen molar-refractivity contribution in [1.82, 2.24) is 10.2 Å². The zero-order valence-corrected chi connectivity index (χ0v) is 14.3. The van der Waals surface area contributed by atoms with Gasteiger partial charge in [-0.1, -0.05) is 13.8 Å². The van der Waals surface area contributed by atoms with E-state index in [4.69, 9.17) is 4.42 Å². The third kappa shape index (κ3) is 6.10. The Morgan fingerprint density at radius 3 is 2.35 bits per heavy atom. The lowest BCUT2D eigenvalue weighted by atomic mass is 10.1. The van der Waals surface area contributed by atoms with Gasteiger partial charge in [-0.15, -0.1) is 0 Å². The van der Waals surface area contributed by atoms with Crippen molar-refractivity contribution in [2.75, 3.05) is 6.54 Å². The molecular formula is C17H32N2O. The van der Waals surface area contributed by atoms with E-state index in [1.165, 1.54) is 5.56 Å². The Morgan fingerprint density at radius 1 is 1.20 bits per heavy atom. The molecule has 0 atom stereocenters. The van der Waals surface area contributed by atoms with Crippen LogP contribution in [-0.2, 0) is 13.1 Å². The van der Waals surface area contributed by atoms with Crippen molar-refractivity contribution in [3.05, 3.63) is 23.7 Å². The van der Waals surface area contributed by atoms with Gasteiger partial charge in [0.15, 0.2) is 0 Å². The van der Waals surface area contributed by atoms with Gasteiger partial charge in [0.2, 0.25) is 0 Å². The lowest BCUT2D eigenvalue weighted by Gasteiger charge is -2.28. The first kappa shape index (κ1) is 17.3. The van der Waals surface area contributed by atoms with Crippen LogP contribution in [0.3, 0.4) is 0 Å². The van der Waals surface area contributed by atoms with E-state index in [0.717, 1.165) is 25.4 Å². The Kier molecular flexibility index (Phi) is 6.28. The molecule has 0 aliphatic heterocycles. The highest BCUT2D eigenvalue weighted by molar-refractivity contribution is 5.17. The summed E-state index contributed by atoms with van der Waals surface area (Å²) in [6, 6.07) is 2.62. The molecule has 3 heteroatoms. The maximum Gasteiger partial charge on any atom is 0.122 e. The average molecular weight is 280 g/mol. The molecule has 1 rings (SSSR count). The first-order valence-corrected chi connectivity index (χ1v) is 7.73. The second kappa shape index (κ2) is 7.28. The van der Waals surface area contributed by atoms with Gasteiger partial charge in [0.25, 0.3) is 0 Å². The minimum atomic E-state index is 0.129. The fourth-order valence-corrected chi connectivity index (χ4v) is 2.14. The van der Waals surface area contributed by atoms with Gasteiger partial charge in [0, 0.05) is 30.2 Å². The molecule has 0 aliphatic rings. The lowest BCUT2D eigenvalue weighted by molar-refractivity contribution is 0.174. The molecule has 0 saturated carbocycles. The van der Waals surface area contributed by atoms with Gasteiger partial charge in [-0.3, -0.25) is 4.90 Å². The zero-order chi connectivity index (χ0) is 15.3. The highest BCUT2D eigenvalue weighted by atomic mass is 16.3. The van der Waals surface area contributed by atoms with Crippen molar-refractivity contribution in [1.29, 1.82) is 0 Å². The molecular weight excluding hydrogens is 248 g/mol. The molecule has 0 radical (unpaired) electrons. The van der Waals surface area contributed by atoms with Crippen molar-refractivity contribution in [3.8, 4) is 0 Å². The topological polar surface area (TPSA) is 28.4 Å². The van der Waals surface area contributed by atoms with E-state index >= 15 is 0 Å². The van der Waals surface area contributed by atoms with Crippen LogP contribution in [0.2, 0.25) is 0 Å². The Morgan fingerprint density at radius 2 is 1.85 bits per heavy atom. The summed E-state index contributed by atoms with van der Waals surface area (Å²) in [5.74, 6) is 1.76. The summed E-state index contributed by atoms with van der Waals surface area (Å²) in [6.07, 6.45) is 1.81. The van der Waals surface area contributed by atoms with Crippen LogP contribution in [0, 0.1) is 5.92 Å². The number of rotatable bonds is 7. The van der Waals surface area contributed by atoms with E-state index in [0.29, 0.717) is 12.0 Å². The van der Waals surface area contributed by atoms with Crippen LogP contribution in [-0.4, -0.2) is 23.0 Å². The molecule has 0 fully saturated rings. The predicted molar refractivity (Wildman–Crippen MR) is 85.7 cm³/mol.